The fourth-order valence-corrected chi connectivity index (χ4v) is 4.53. The molecule has 0 aromatic heterocycles. The number of hydrogen-bond acceptors (Lipinski definition) is 5. The van der Waals surface area contributed by atoms with Crippen molar-refractivity contribution in [3.05, 3.63) is 0 Å². The SMILES string of the molecule is CCO[Si](CC(S)C(=O)O)(OCC)OCC. The third kappa shape index (κ3) is 5.31. The topological polar surface area (TPSA) is 65.0 Å². The zero-order valence-corrected chi connectivity index (χ0v) is 11.8. The molecule has 7 heteroatoms. The van der Waals surface area contributed by atoms with Gasteiger partial charge in [-0.15, -0.1) is 0 Å². The maximum absolute atomic E-state index is 10.8. The molecule has 0 aliphatic heterocycles. The summed E-state index contributed by atoms with van der Waals surface area (Å²) in [5, 5.41) is 8.01. The van der Waals surface area contributed by atoms with E-state index in [0.717, 1.165) is 0 Å². The number of thiol groups is 1. The highest BCUT2D eigenvalue weighted by atomic mass is 32.1. The van der Waals surface area contributed by atoms with Crippen LogP contribution in [0.15, 0.2) is 0 Å². The Bertz CT molecular complexity index is 197. The molecule has 0 saturated heterocycles. The summed E-state index contributed by atoms with van der Waals surface area (Å²) in [5.41, 5.74) is 0. The van der Waals surface area contributed by atoms with Crippen molar-refractivity contribution < 1.29 is 23.2 Å². The molecule has 1 N–H and O–H groups in total. The molecule has 0 aromatic carbocycles. The van der Waals surface area contributed by atoms with E-state index in [1.165, 1.54) is 0 Å². The fourth-order valence-electron chi connectivity index (χ4n) is 1.29. The third-order valence-corrected chi connectivity index (χ3v) is 5.66. The normalized spacial score (nSPS) is 13.8. The van der Waals surface area contributed by atoms with Crippen molar-refractivity contribution in [1.82, 2.24) is 0 Å². The van der Waals surface area contributed by atoms with E-state index < -0.39 is 20.0 Å². The molecule has 0 spiro atoms. The number of carboxylic acids is 1. The first-order chi connectivity index (χ1) is 7.51. The summed E-state index contributed by atoms with van der Waals surface area (Å²) in [6.45, 7) is 6.79. The first-order valence-electron chi connectivity index (χ1n) is 5.34. The van der Waals surface area contributed by atoms with Crippen LogP contribution in [0.3, 0.4) is 0 Å². The van der Waals surface area contributed by atoms with Crippen LogP contribution in [-0.4, -0.2) is 45.0 Å². The Morgan fingerprint density at radius 1 is 1.19 bits per heavy atom. The predicted octanol–water partition coefficient (Wildman–Crippen LogP) is 1.42. The molecule has 0 radical (unpaired) electrons. The summed E-state index contributed by atoms with van der Waals surface area (Å²) < 4.78 is 16.5. The van der Waals surface area contributed by atoms with Crippen molar-refractivity contribution in [2.75, 3.05) is 19.8 Å². The van der Waals surface area contributed by atoms with Gasteiger partial charge in [0.2, 0.25) is 0 Å². The van der Waals surface area contributed by atoms with Gasteiger partial charge in [-0.25, -0.2) is 0 Å². The largest absolute Gasteiger partial charge is 0.502 e. The molecule has 0 aliphatic rings. The smallest absolute Gasteiger partial charge is 0.480 e. The summed E-state index contributed by atoms with van der Waals surface area (Å²) in [7, 11) is -2.88. The Balaban J connectivity index is 4.64. The lowest BCUT2D eigenvalue weighted by atomic mass is 10.5. The molecule has 5 nitrogen and oxygen atoms in total. The Morgan fingerprint density at radius 2 is 1.56 bits per heavy atom. The highest BCUT2D eigenvalue weighted by Crippen LogP contribution is 2.21. The van der Waals surface area contributed by atoms with Gasteiger partial charge in [0.05, 0.1) is 0 Å². The van der Waals surface area contributed by atoms with Gasteiger partial charge in [-0.2, -0.15) is 12.6 Å². The van der Waals surface area contributed by atoms with Gasteiger partial charge in [-0.05, 0) is 20.8 Å². The molecule has 16 heavy (non-hydrogen) atoms. The van der Waals surface area contributed by atoms with Crippen LogP contribution in [0, 0.1) is 0 Å². The van der Waals surface area contributed by atoms with Gasteiger partial charge < -0.3 is 18.4 Å². The van der Waals surface area contributed by atoms with Crippen molar-refractivity contribution in [3.8, 4) is 0 Å². The summed E-state index contributed by atoms with van der Waals surface area (Å²) in [6, 6.07) is 0.182. The van der Waals surface area contributed by atoms with E-state index in [1.807, 2.05) is 20.8 Å². The van der Waals surface area contributed by atoms with Gasteiger partial charge >= 0.3 is 14.8 Å². The van der Waals surface area contributed by atoms with Crippen LogP contribution >= 0.6 is 12.6 Å². The number of carbonyl (C=O) groups is 1. The average molecular weight is 268 g/mol. The van der Waals surface area contributed by atoms with Gasteiger partial charge in [-0.1, -0.05) is 0 Å². The Kier molecular flexibility index (Phi) is 8.03. The molecular formula is C9H20O5SSi. The van der Waals surface area contributed by atoms with Crippen molar-refractivity contribution in [1.29, 1.82) is 0 Å². The lowest BCUT2D eigenvalue weighted by Crippen LogP contribution is -2.48. The second-order valence-electron chi connectivity index (χ2n) is 3.04. The Morgan fingerprint density at radius 3 is 1.81 bits per heavy atom. The second-order valence-corrected chi connectivity index (χ2v) is 6.30. The fraction of sp³-hybridized carbons (Fsp3) is 0.889. The molecule has 0 aliphatic carbocycles. The summed E-state index contributed by atoms with van der Waals surface area (Å²) >= 11 is 3.99. The first-order valence-corrected chi connectivity index (χ1v) is 7.78. The quantitative estimate of drug-likeness (QED) is 0.489. The molecular weight excluding hydrogens is 248 g/mol. The molecule has 0 amide bonds. The van der Waals surface area contributed by atoms with E-state index in [-0.39, 0.29) is 6.04 Å². The lowest BCUT2D eigenvalue weighted by Gasteiger charge is -2.29. The molecule has 1 unspecified atom stereocenters. The number of aliphatic carboxylic acids is 1. The molecule has 0 rings (SSSR count). The van der Waals surface area contributed by atoms with E-state index in [4.69, 9.17) is 18.4 Å². The predicted molar refractivity (Wildman–Crippen MR) is 65.8 cm³/mol. The number of carboxylic acid groups (broad SMARTS) is 1. The van der Waals surface area contributed by atoms with Crippen LogP contribution in [0.1, 0.15) is 20.8 Å². The van der Waals surface area contributed by atoms with Gasteiger partial charge in [-0.3, -0.25) is 4.79 Å². The van der Waals surface area contributed by atoms with Gasteiger partial charge in [0.15, 0.2) is 0 Å². The molecule has 1 atom stereocenters. The third-order valence-electron chi connectivity index (χ3n) is 1.82. The highest BCUT2D eigenvalue weighted by Gasteiger charge is 2.43. The van der Waals surface area contributed by atoms with E-state index >= 15 is 0 Å². The zero-order chi connectivity index (χ0) is 12.6. The van der Waals surface area contributed by atoms with Gasteiger partial charge in [0.25, 0.3) is 0 Å². The molecule has 96 valence electrons. The number of rotatable bonds is 9. The van der Waals surface area contributed by atoms with Crippen LogP contribution in [0.4, 0.5) is 0 Å². The van der Waals surface area contributed by atoms with Crippen LogP contribution in [0.5, 0.6) is 0 Å². The van der Waals surface area contributed by atoms with Crippen LogP contribution in [-0.2, 0) is 18.1 Å². The summed E-state index contributed by atoms with van der Waals surface area (Å²) in [4.78, 5) is 10.8. The summed E-state index contributed by atoms with van der Waals surface area (Å²) in [5.74, 6) is -0.987. The molecule has 0 fully saturated rings. The molecule has 0 heterocycles. The lowest BCUT2D eigenvalue weighted by molar-refractivity contribution is -0.136. The maximum atomic E-state index is 10.8. The van der Waals surface area contributed by atoms with E-state index in [1.54, 1.807) is 0 Å². The van der Waals surface area contributed by atoms with Gasteiger partial charge in [0, 0.05) is 25.9 Å². The zero-order valence-electron chi connectivity index (χ0n) is 9.93. The van der Waals surface area contributed by atoms with E-state index in [0.29, 0.717) is 19.8 Å². The van der Waals surface area contributed by atoms with Crippen molar-refractivity contribution in [2.45, 2.75) is 32.1 Å². The second kappa shape index (κ2) is 8.07. The minimum Gasteiger partial charge on any atom is -0.480 e. The molecule has 0 bridgehead atoms. The van der Waals surface area contributed by atoms with E-state index in [2.05, 4.69) is 12.6 Å². The average Bonchev–Trinajstić information content (AvgIpc) is 2.18. The van der Waals surface area contributed by atoms with Crippen LogP contribution < -0.4 is 0 Å². The standard InChI is InChI=1S/C9H20O5SSi/c1-4-12-16(13-5-2,14-6-3)7-8(15)9(10)11/h8,15H,4-7H2,1-3H3,(H,10,11). The monoisotopic (exact) mass is 268 g/mol. The van der Waals surface area contributed by atoms with Crippen LogP contribution in [0.25, 0.3) is 0 Å². The highest BCUT2D eigenvalue weighted by molar-refractivity contribution is 7.81. The van der Waals surface area contributed by atoms with Crippen molar-refractivity contribution >= 4 is 27.4 Å². The number of hydrogen-bond donors (Lipinski definition) is 2. The van der Waals surface area contributed by atoms with Crippen LogP contribution in [0.2, 0.25) is 6.04 Å². The minimum atomic E-state index is -2.88. The first kappa shape index (κ1) is 15.9. The molecule has 0 aromatic rings. The van der Waals surface area contributed by atoms with Crippen molar-refractivity contribution in [2.24, 2.45) is 0 Å². The van der Waals surface area contributed by atoms with Crippen molar-refractivity contribution in [3.63, 3.8) is 0 Å². The van der Waals surface area contributed by atoms with E-state index in [9.17, 15) is 4.79 Å². The Hall–Kier alpha value is -0.0831. The minimum absolute atomic E-state index is 0.182. The maximum Gasteiger partial charge on any atom is 0.502 e. The summed E-state index contributed by atoms with van der Waals surface area (Å²) in [6.07, 6.45) is 0. The molecule has 0 saturated carbocycles. The van der Waals surface area contributed by atoms with Gasteiger partial charge in [0.1, 0.15) is 5.25 Å². The Labute approximate surface area is 103 Å².